The van der Waals surface area contributed by atoms with E-state index in [4.69, 9.17) is 5.73 Å². The number of benzene rings is 1. The van der Waals surface area contributed by atoms with Crippen molar-refractivity contribution in [3.63, 3.8) is 0 Å². The summed E-state index contributed by atoms with van der Waals surface area (Å²) in [5, 5.41) is 20.3. The molecule has 0 aliphatic rings. The second kappa shape index (κ2) is 5.59. The first kappa shape index (κ1) is 14.1. The molecular formula is C12H16N2O4. The molecule has 0 bridgehead atoms. The van der Waals surface area contributed by atoms with Crippen LogP contribution in [0, 0.1) is 10.1 Å². The van der Waals surface area contributed by atoms with Gasteiger partial charge in [-0.2, -0.15) is 0 Å². The van der Waals surface area contributed by atoms with Crippen molar-refractivity contribution in [1.29, 1.82) is 0 Å². The lowest BCUT2D eigenvalue weighted by Crippen LogP contribution is -2.33. The first-order chi connectivity index (χ1) is 8.43. The molecule has 1 unspecified atom stereocenters. The number of carbonyl (C=O) groups is 1. The number of rotatable bonds is 6. The predicted octanol–water partition coefficient (Wildman–Crippen LogP) is 1.68. The van der Waals surface area contributed by atoms with E-state index < -0.39 is 16.3 Å². The fourth-order valence-corrected chi connectivity index (χ4v) is 1.91. The van der Waals surface area contributed by atoms with Crippen molar-refractivity contribution in [2.24, 2.45) is 5.73 Å². The van der Waals surface area contributed by atoms with Gasteiger partial charge in [0.05, 0.1) is 10.3 Å². The number of nitro benzene ring substituents is 1. The molecule has 18 heavy (non-hydrogen) atoms. The summed E-state index contributed by atoms with van der Waals surface area (Å²) in [7, 11) is 0. The normalized spacial score (nSPS) is 13.9. The number of nitrogens with zero attached hydrogens (tertiary/aromatic N) is 1. The number of aliphatic carboxylic acids is 1. The van der Waals surface area contributed by atoms with Crippen molar-refractivity contribution >= 4 is 11.7 Å². The monoisotopic (exact) mass is 252 g/mol. The van der Waals surface area contributed by atoms with E-state index in [9.17, 15) is 20.0 Å². The highest BCUT2D eigenvalue weighted by Gasteiger charge is 2.39. The van der Waals surface area contributed by atoms with Crippen molar-refractivity contribution in [3.05, 3.63) is 39.9 Å². The molecule has 0 aliphatic heterocycles. The lowest BCUT2D eigenvalue weighted by atomic mass is 9.77. The zero-order chi connectivity index (χ0) is 13.8. The maximum atomic E-state index is 11.4. The molecule has 0 saturated heterocycles. The van der Waals surface area contributed by atoms with E-state index in [2.05, 4.69) is 0 Å². The summed E-state index contributed by atoms with van der Waals surface area (Å²) in [6.07, 6.45) is 0.762. The molecule has 0 aliphatic carbocycles. The Morgan fingerprint density at radius 3 is 2.61 bits per heavy atom. The molecule has 0 saturated carbocycles. The van der Waals surface area contributed by atoms with Gasteiger partial charge in [0.1, 0.15) is 0 Å². The van der Waals surface area contributed by atoms with Crippen LogP contribution in [0.1, 0.15) is 25.3 Å². The van der Waals surface area contributed by atoms with Gasteiger partial charge < -0.3 is 10.8 Å². The van der Waals surface area contributed by atoms with E-state index in [0.717, 1.165) is 0 Å². The highest BCUT2D eigenvalue weighted by atomic mass is 16.6. The van der Waals surface area contributed by atoms with E-state index in [1.807, 2.05) is 0 Å². The molecule has 0 radical (unpaired) electrons. The molecule has 1 aromatic carbocycles. The molecule has 3 N–H and O–H groups in total. The second-order valence-electron chi connectivity index (χ2n) is 4.30. The van der Waals surface area contributed by atoms with Gasteiger partial charge in [0.15, 0.2) is 0 Å². The van der Waals surface area contributed by atoms with Crippen LogP contribution in [0.15, 0.2) is 24.3 Å². The minimum absolute atomic E-state index is 0.167. The summed E-state index contributed by atoms with van der Waals surface area (Å²) in [5.41, 5.74) is 4.15. The Morgan fingerprint density at radius 1 is 1.50 bits per heavy atom. The van der Waals surface area contributed by atoms with Gasteiger partial charge >= 0.3 is 5.97 Å². The van der Waals surface area contributed by atoms with Crippen LogP contribution in [-0.4, -0.2) is 22.5 Å². The molecule has 0 spiro atoms. The Hall–Kier alpha value is -1.95. The zero-order valence-electron chi connectivity index (χ0n) is 10.1. The minimum atomic E-state index is -1.29. The van der Waals surface area contributed by atoms with Crippen LogP contribution >= 0.6 is 0 Å². The largest absolute Gasteiger partial charge is 0.481 e. The van der Waals surface area contributed by atoms with Gasteiger partial charge in [-0.1, -0.05) is 18.2 Å². The molecule has 6 nitrogen and oxygen atoms in total. The minimum Gasteiger partial charge on any atom is -0.481 e. The highest BCUT2D eigenvalue weighted by Crippen LogP contribution is 2.35. The van der Waals surface area contributed by atoms with Crippen LogP contribution in [0.3, 0.4) is 0 Å². The number of hydrogen-bond acceptors (Lipinski definition) is 4. The topological polar surface area (TPSA) is 106 Å². The zero-order valence-corrected chi connectivity index (χ0v) is 10.1. The Bertz CT molecular complexity index is 461. The summed E-state index contributed by atoms with van der Waals surface area (Å²) in [6.45, 7) is 1.84. The number of nitro groups is 1. The Balaban J connectivity index is 3.29. The fraction of sp³-hybridized carbons (Fsp3) is 0.417. The smallest absolute Gasteiger partial charge is 0.314 e. The van der Waals surface area contributed by atoms with Gasteiger partial charge in [-0.15, -0.1) is 0 Å². The molecule has 0 fully saturated rings. The van der Waals surface area contributed by atoms with Gasteiger partial charge in [0.2, 0.25) is 0 Å². The number of carboxylic acids is 1. The van der Waals surface area contributed by atoms with Crippen LogP contribution in [0.4, 0.5) is 5.69 Å². The van der Waals surface area contributed by atoms with Crippen molar-refractivity contribution in [1.82, 2.24) is 0 Å². The first-order valence-corrected chi connectivity index (χ1v) is 5.61. The van der Waals surface area contributed by atoms with Crippen molar-refractivity contribution in [2.45, 2.75) is 25.2 Å². The van der Waals surface area contributed by atoms with E-state index in [0.29, 0.717) is 13.0 Å². The Morgan fingerprint density at radius 2 is 2.11 bits per heavy atom. The third-order valence-electron chi connectivity index (χ3n) is 3.05. The average molecular weight is 252 g/mol. The highest BCUT2D eigenvalue weighted by molar-refractivity contribution is 5.82. The van der Waals surface area contributed by atoms with Crippen molar-refractivity contribution in [2.75, 3.05) is 6.54 Å². The summed E-state index contributed by atoms with van der Waals surface area (Å²) in [5.74, 6) is -1.08. The van der Waals surface area contributed by atoms with Gasteiger partial charge in [0, 0.05) is 11.6 Å². The lowest BCUT2D eigenvalue weighted by Gasteiger charge is -2.24. The van der Waals surface area contributed by atoms with Crippen molar-refractivity contribution < 1.29 is 14.8 Å². The summed E-state index contributed by atoms with van der Waals surface area (Å²) < 4.78 is 0. The molecule has 98 valence electrons. The second-order valence-corrected chi connectivity index (χ2v) is 4.30. The summed E-state index contributed by atoms with van der Waals surface area (Å²) in [4.78, 5) is 21.8. The van der Waals surface area contributed by atoms with Crippen LogP contribution in [0.2, 0.25) is 0 Å². The first-order valence-electron chi connectivity index (χ1n) is 5.61. The number of carboxylic acid groups (broad SMARTS) is 1. The molecule has 0 heterocycles. The Kier molecular flexibility index (Phi) is 4.38. The third-order valence-corrected chi connectivity index (χ3v) is 3.05. The van der Waals surface area contributed by atoms with E-state index in [-0.39, 0.29) is 17.7 Å². The molecular weight excluding hydrogens is 236 g/mol. The average Bonchev–Trinajstić information content (AvgIpc) is 2.35. The van der Waals surface area contributed by atoms with E-state index in [1.54, 1.807) is 6.07 Å². The van der Waals surface area contributed by atoms with Crippen molar-refractivity contribution in [3.8, 4) is 0 Å². The van der Waals surface area contributed by atoms with E-state index >= 15 is 0 Å². The maximum absolute atomic E-state index is 11.4. The number of hydrogen-bond donors (Lipinski definition) is 2. The van der Waals surface area contributed by atoms with Crippen LogP contribution in [0.25, 0.3) is 0 Å². The van der Waals surface area contributed by atoms with Gasteiger partial charge in [-0.05, 0) is 26.3 Å². The molecule has 0 amide bonds. The third kappa shape index (κ3) is 2.65. The lowest BCUT2D eigenvalue weighted by molar-refractivity contribution is -0.386. The van der Waals surface area contributed by atoms with Gasteiger partial charge in [-0.3, -0.25) is 14.9 Å². The maximum Gasteiger partial charge on any atom is 0.314 e. The standard InChI is InChI=1S/C12H16N2O4/c1-12(11(15)16,7-4-8-13)9-5-2-3-6-10(9)14(17)18/h2-3,5-6H,4,7-8,13H2,1H3,(H,15,16). The molecule has 1 atom stereocenters. The molecule has 6 heteroatoms. The van der Waals surface area contributed by atoms with Gasteiger partial charge in [-0.25, -0.2) is 0 Å². The van der Waals surface area contributed by atoms with Gasteiger partial charge in [0.25, 0.3) is 5.69 Å². The Labute approximate surface area is 105 Å². The fourth-order valence-electron chi connectivity index (χ4n) is 1.91. The SMILES string of the molecule is CC(CCCN)(C(=O)O)c1ccccc1[N+](=O)[O-]. The summed E-state index contributed by atoms with van der Waals surface area (Å²) >= 11 is 0. The van der Waals surface area contributed by atoms with Crippen LogP contribution < -0.4 is 5.73 Å². The van der Waals surface area contributed by atoms with Crippen LogP contribution in [0.5, 0.6) is 0 Å². The number of para-hydroxylation sites is 1. The molecule has 1 rings (SSSR count). The molecule has 1 aromatic rings. The van der Waals surface area contributed by atoms with E-state index in [1.165, 1.54) is 25.1 Å². The molecule has 0 aromatic heterocycles. The van der Waals surface area contributed by atoms with Crippen LogP contribution in [-0.2, 0) is 10.2 Å². The summed E-state index contributed by atoms with van der Waals surface area (Å²) in [6, 6.07) is 5.93. The predicted molar refractivity (Wildman–Crippen MR) is 66.4 cm³/mol. The number of nitrogens with two attached hydrogens (primary N) is 1. The quantitative estimate of drug-likeness (QED) is 0.591.